The number of carbonyl (C=O) groups is 1. The molecule has 9 nitrogen and oxygen atoms in total. The summed E-state index contributed by atoms with van der Waals surface area (Å²) in [5.74, 6) is -0.155. The molecule has 0 spiro atoms. The number of nitrogens with zero attached hydrogens (tertiary/aromatic N) is 4. The highest BCUT2D eigenvalue weighted by atomic mass is 79.9. The first-order valence-electron chi connectivity index (χ1n) is 6.53. The van der Waals surface area contributed by atoms with Crippen LogP contribution in [0, 0.1) is 0 Å². The number of anilines is 1. The summed E-state index contributed by atoms with van der Waals surface area (Å²) >= 11 is 3.37. The van der Waals surface area contributed by atoms with Crippen LogP contribution in [0.25, 0.3) is 11.2 Å². The lowest BCUT2D eigenvalue weighted by atomic mass is 10.2. The summed E-state index contributed by atoms with van der Waals surface area (Å²) in [4.78, 5) is 22.6. The second-order valence-electron chi connectivity index (χ2n) is 4.89. The van der Waals surface area contributed by atoms with E-state index in [1.807, 2.05) is 0 Å². The van der Waals surface area contributed by atoms with E-state index in [-0.39, 0.29) is 12.4 Å². The molecule has 2 aromatic rings. The van der Waals surface area contributed by atoms with Crippen LogP contribution in [0.1, 0.15) is 13.2 Å². The van der Waals surface area contributed by atoms with Crippen LogP contribution in [-0.4, -0.2) is 54.2 Å². The number of aromatic nitrogens is 4. The van der Waals surface area contributed by atoms with Gasteiger partial charge in [-0.15, -0.1) is 0 Å². The van der Waals surface area contributed by atoms with Gasteiger partial charge in [0, 0.05) is 6.92 Å². The van der Waals surface area contributed by atoms with Gasteiger partial charge in [0.1, 0.15) is 30.7 Å². The molecule has 3 heterocycles. The van der Waals surface area contributed by atoms with Gasteiger partial charge in [0.15, 0.2) is 17.7 Å². The van der Waals surface area contributed by atoms with Gasteiger partial charge in [0.05, 0.1) is 11.2 Å². The predicted molar refractivity (Wildman–Crippen MR) is 79.0 cm³/mol. The summed E-state index contributed by atoms with van der Waals surface area (Å²) in [5.41, 5.74) is 6.64. The van der Waals surface area contributed by atoms with Crippen LogP contribution in [0.4, 0.5) is 5.82 Å². The lowest BCUT2D eigenvalue weighted by Crippen LogP contribution is -2.29. The average molecular weight is 372 g/mol. The Morgan fingerprint density at radius 3 is 3.05 bits per heavy atom. The molecule has 10 heteroatoms. The maximum atomic E-state index is 10.9. The molecule has 1 aliphatic heterocycles. The molecule has 1 aliphatic rings. The van der Waals surface area contributed by atoms with Crippen molar-refractivity contribution in [3.05, 3.63) is 12.7 Å². The summed E-state index contributed by atoms with van der Waals surface area (Å²) in [7, 11) is 0. The first-order valence-corrected chi connectivity index (χ1v) is 7.44. The van der Waals surface area contributed by atoms with Crippen LogP contribution in [-0.2, 0) is 14.3 Å². The van der Waals surface area contributed by atoms with Crippen molar-refractivity contribution in [2.24, 2.45) is 0 Å². The number of aliphatic hydroxyl groups is 1. The minimum Gasteiger partial charge on any atom is -0.463 e. The second kappa shape index (κ2) is 5.78. The van der Waals surface area contributed by atoms with Crippen molar-refractivity contribution in [3.63, 3.8) is 0 Å². The number of esters is 1. The fourth-order valence-electron chi connectivity index (χ4n) is 2.33. The molecule has 0 saturated carbocycles. The summed E-state index contributed by atoms with van der Waals surface area (Å²) in [6.45, 7) is 1.36. The van der Waals surface area contributed by atoms with Gasteiger partial charge >= 0.3 is 5.97 Å². The van der Waals surface area contributed by atoms with Crippen molar-refractivity contribution in [1.82, 2.24) is 19.5 Å². The van der Waals surface area contributed by atoms with Crippen LogP contribution in [0.5, 0.6) is 0 Å². The van der Waals surface area contributed by atoms with E-state index in [9.17, 15) is 9.90 Å². The monoisotopic (exact) mass is 371 g/mol. The Morgan fingerprint density at radius 1 is 1.55 bits per heavy atom. The van der Waals surface area contributed by atoms with Crippen molar-refractivity contribution in [3.8, 4) is 0 Å². The van der Waals surface area contributed by atoms with E-state index in [1.54, 1.807) is 4.57 Å². The van der Waals surface area contributed by atoms with Crippen LogP contribution in [0.2, 0.25) is 0 Å². The number of nitrogen functional groups attached to an aromatic ring is 1. The molecular weight excluding hydrogens is 358 g/mol. The molecule has 0 bridgehead atoms. The zero-order valence-corrected chi connectivity index (χ0v) is 13.2. The number of aliphatic hydroxyl groups excluding tert-OH is 1. The van der Waals surface area contributed by atoms with Gasteiger partial charge in [0.25, 0.3) is 0 Å². The topological polar surface area (TPSA) is 125 Å². The summed E-state index contributed by atoms with van der Waals surface area (Å²) < 4.78 is 12.3. The largest absolute Gasteiger partial charge is 0.463 e. The Bertz CT molecular complexity index is 708. The summed E-state index contributed by atoms with van der Waals surface area (Å²) in [6.07, 6.45) is 0.732. The zero-order chi connectivity index (χ0) is 15.9. The summed E-state index contributed by atoms with van der Waals surface area (Å²) in [5, 5.41) is 10.4. The molecule has 1 fully saturated rings. The fraction of sp³-hybridized carbons (Fsp3) is 0.500. The number of ether oxygens (including phenoxy) is 2. The highest BCUT2D eigenvalue weighted by Crippen LogP contribution is 2.35. The van der Waals surface area contributed by atoms with E-state index in [2.05, 4.69) is 30.9 Å². The molecule has 0 aliphatic carbocycles. The van der Waals surface area contributed by atoms with E-state index in [4.69, 9.17) is 15.2 Å². The average Bonchev–Trinajstić information content (AvgIpc) is 3.01. The molecular formula is C12H14BrN5O4. The number of carbonyl (C=O) groups excluding carboxylic acids is 1. The standard InChI is InChI=1S/C12H14BrN5O4/c1-5(19)21-2-6-7(13)9(20)12(22-6)18-4-17-8-10(14)15-3-16-11(8)18/h3-4,6-7,9,12,20H,2H2,1H3,(H2,14,15,16)/t6-,7?,9?,12-/m1/s1. The Balaban J connectivity index is 1.87. The van der Waals surface area contributed by atoms with Gasteiger partial charge < -0.3 is 20.3 Å². The van der Waals surface area contributed by atoms with Gasteiger partial charge in [-0.05, 0) is 0 Å². The van der Waals surface area contributed by atoms with Crippen LogP contribution in [0.3, 0.4) is 0 Å². The Kier molecular flexibility index (Phi) is 3.98. The highest BCUT2D eigenvalue weighted by Gasteiger charge is 2.44. The quantitative estimate of drug-likeness (QED) is 0.570. The normalized spacial score (nSPS) is 28.1. The van der Waals surface area contributed by atoms with Gasteiger partial charge in [-0.2, -0.15) is 0 Å². The minimum atomic E-state index is -0.867. The lowest BCUT2D eigenvalue weighted by Gasteiger charge is -2.16. The highest BCUT2D eigenvalue weighted by molar-refractivity contribution is 9.09. The smallest absolute Gasteiger partial charge is 0.302 e. The van der Waals surface area contributed by atoms with Crippen molar-refractivity contribution >= 4 is 38.9 Å². The number of hydrogen-bond donors (Lipinski definition) is 2. The lowest BCUT2D eigenvalue weighted by molar-refractivity contribution is -0.145. The van der Waals surface area contributed by atoms with Crippen LogP contribution >= 0.6 is 15.9 Å². The van der Waals surface area contributed by atoms with E-state index in [0.29, 0.717) is 11.2 Å². The molecule has 3 N–H and O–H groups in total. The van der Waals surface area contributed by atoms with Gasteiger partial charge in [-0.3, -0.25) is 9.36 Å². The number of alkyl halides is 1. The Morgan fingerprint density at radius 2 is 2.32 bits per heavy atom. The van der Waals surface area contributed by atoms with Crippen molar-refractivity contribution < 1.29 is 19.4 Å². The molecule has 0 radical (unpaired) electrons. The molecule has 3 rings (SSSR count). The first-order chi connectivity index (χ1) is 10.5. The number of hydrogen-bond acceptors (Lipinski definition) is 8. The molecule has 2 unspecified atom stereocenters. The number of halogens is 1. The maximum absolute atomic E-state index is 10.9. The Labute approximate surface area is 133 Å². The SMILES string of the molecule is CC(=O)OC[C@H]1O[C@@H](n2cnc3c(N)ncnc32)C(O)C1Br. The van der Waals surface area contributed by atoms with E-state index in [0.717, 1.165) is 0 Å². The third kappa shape index (κ3) is 2.53. The van der Waals surface area contributed by atoms with Gasteiger partial charge in [-0.1, -0.05) is 15.9 Å². The summed E-state index contributed by atoms with van der Waals surface area (Å²) in [6, 6.07) is 0. The predicted octanol–water partition coefficient (Wildman–Crippen LogP) is -0.00660. The van der Waals surface area contributed by atoms with Crippen molar-refractivity contribution in [1.29, 1.82) is 0 Å². The van der Waals surface area contributed by atoms with Crippen LogP contribution in [0.15, 0.2) is 12.7 Å². The molecule has 1 saturated heterocycles. The van der Waals surface area contributed by atoms with E-state index < -0.39 is 29.2 Å². The molecule has 4 atom stereocenters. The fourth-order valence-corrected chi connectivity index (χ4v) is 2.87. The first kappa shape index (κ1) is 15.1. The van der Waals surface area contributed by atoms with E-state index in [1.165, 1.54) is 19.6 Å². The minimum absolute atomic E-state index is 0.0442. The third-order valence-corrected chi connectivity index (χ3v) is 4.53. The second-order valence-corrected chi connectivity index (χ2v) is 5.94. The number of imidazole rings is 1. The Hall–Kier alpha value is -1.78. The maximum Gasteiger partial charge on any atom is 0.302 e. The molecule has 2 aromatic heterocycles. The molecule has 118 valence electrons. The van der Waals surface area contributed by atoms with Gasteiger partial charge in [-0.25, -0.2) is 15.0 Å². The molecule has 22 heavy (non-hydrogen) atoms. The number of rotatable bonds is 3. The van der Waals surface area contributed by atoms with Crippen LogP contribution < -0.4 is 5.73 Å². The number of fused-ring (bicyclic) bond motifs is 1. The molecule has 0 amide bonds. The van der Waals surface area contributed by atoms with Crippen molar-refractivity contribution in [2.75, 3.05) is 12.3 Å². The van der Waals surface area contributed by atoms with Crippen molar-refractivity contribution in [2.45, 2.75) is 30.2 Å². The van der Waals surface area contributed by atoms with Gasteiger partial charge in [0.2, 0.25) is 0 Å². The van der Waals surface area contributed by atoms with E-state index >= 15 is 0 Å². The third-order valence-electron chi connectivity index (χ3n) is 3.40. The number of nitrogens with two attached hydrogens (primary N) is 1. The zero-order valence-electron chi connectivity index (χ0n) is 11.6. The molecule has 0 aromatic carbocycles.